The fourth-order valence-corrected chi connectivity index (χ4v) is 2.42. The van der Waals surface area contributed by atoms with Crippen molar-refractivity contribution in [2.45, 2.75) is 91.4 Å². The van der Waals surface area contributed by atoms with Crippen molar-refractivity contribution in [2.75, 3.05) is 6.61 Å². The van der Waals surface area contributed by atoms with Crippen LogP contribution in [-0.2, 0) is 9.53 Å². The van der Waals surface area contributed by atoms with Crippen molar-refractivity contribution in [1.29, 1.82) is 0 Å². The van der Waals surface area contributed by atoms with Gasteiger partial charge in [-0.1, -0.05) is 84.6 Å². The highest BCUT2D eigenvalue weighted by Gasteiger charge is 2.06. The maximum absolute atomic E-state index is 11.2. The van der Waals surface area contributed by atoms with Crippen LogP contribution in [0.5, 0.6) is 0 Å². The predicted molar refractivity (Wildman–Crippen MR) is 91.4 cm³/mol. The fourth-order valence-electron chi connectivity index (χ4n) is 2.42. The molecule has 0 aliphatic heterocycles. The van der Waals surface area contributed by atoms with Crippen LogP contribution < -0.4 is 0 Å². The summed E-state index contributed by atoms with van der Waals surface area (Å²) in [4.78, 5) is 11.2. The van der Waals surface area contributed by atoms with Gasteiger partial charge in [0.1, 0.15) is 0 Å². The Morgan fingerprint density at radius 1 is 0.952 bits per heavy atom. The van der Waals surface area contributed by atoms with Crippen molar-refractivity contribution < 1.29 is 9.53 Å². The van der Waals surface area contributed by atoms with E-state index in [1.54, 1.807) is 6.92 Å². The molecule has 0 radical (unpaired) electrons. The molecule has 0 heterocycles. The number of unbranched alkanes of at least 4 members (excludes halogenated alkanes) is 8. The summed E-state index contributed by atoms with van der Waals surface area (Å²) < 4.78 is 5.13. The molecule has 2 nitrogen and oxygen atoms in total. The second-order valence-electron chi connectivity index (χ2n) is 6.43. The minimum Gasteiger partial charge on any atom is -0.462 e. The number of ether oxygens (including phenoxy) is 1. The molecule has 0 bridgehead atoms. The Balaban J connectivity index is 3.28. The second-order valence-corrected chi connectivity index (χ2v) is 6.43. The fraction of sp³-hybridized carbons (Fsp3) is 0.842. The number of rotatable bonds is 14. The molecule has 0 aromatic heterocycles. The van der Waals surface area contributed by atoms with Crippen LogP contribution in [0.2, 0.25) is 0 Å². The minimum atomic E-state index is -0.259. The monoisotopic (exact) mass is 296 g/mol. The SMILES string of the molecule is C=C(C)C(=O)OCCC(C)CCCCCCCCCCC. The van der Waals surface area contributed by atoms with Crippen molar-refractivity contribution in [3.05, 3.63) is 12.2 Å². The van der Waals surface area contributed by atoms with Gasteiger partial charge in [-0.2, -0.15) is 0 Å². The van der Waals surface area contributed by atoms with Crippen molar-refractivity contribution in [2.24, 2.45) is 5.92 Å². The van der Waals surface area contributed by atoms with E-state index in [1.165, 1.54) is 64.2 Å². The molecular weight excluding hydrogens is 260 g/mol. The van der Waals surface area contributed by atoms with E-state index in [9.17, 15) is 4.79 Å². The third-order valence-electron chi connectivity index (χ3n) is 3.99. The van der Waals surface area contributed by atoms with Crippen molar-refractivity contribution >= 4 is 5.97 Å². The summed E-state index contributed by atoms with van der Waals surface area (Å²) in [6.45, 7) is 10.3. The van der Waals surface area contributed by atoms with Gasteiger partial charge in [-0.3, -0.25) is 0 Å². The van der Waals surface area contributed by atoms with Gasteiger partial charge in [-0.05, 0) is 19.3 Å². The summed E-state index contributed by atoms with van der Waals surface area (Å²) in [5.74, 6) is 0.387. The summed E-state index contributed by atoms with van der Waals surface area (Å²) in [5, 5.41) is 0. The molecule has 0 aromatic rings. The van der Waals surface area contributed by atoms with Crippen LogP contribution in [0.3, 0.4) is 0 Å². The first-order valence-corrected chi connectivity index (χ1v) is 8.90. The van der Waals surface area contributed by atoms with E-state index in [4.69, 9.17) is 4.74 Å². The molecule has 0 aliphatic carbocycles. The van der Waals surface area contributed by atoms with Gasteiger partial charge in [0.2, 0.25) is 0 Å². The topological polar surface area (TPSA) is 26.3 Å². The van der Waals surface area contributed by atoms with Crippen LogP contribution in [-0.4, -0.2) is 12.6 Å². The lowest BCUT2D eigenvalue weighted by Gasteiger charge is -2.11. The molecule has 1 unspecified atom stereocenters. The van der Waals surface area contributed by atoms with E-state index in [0.29, 0.717) is 18.1 Å². The average molecular weight is 296 g/mol. The normalized spacial score (nSPS) is 12.1. The van der Waals surface area contributed by atoms with Gasteiger partial charge in [0.15, 0.2) is 0 Å². The number of esters is 1. The van der Waals surface area contributed by atoms with Crippen LogP contribution in [0.15, 0.2) is 12.2 Å². The van der Waals surface area contributed by atoms with E-state index in [-0.39, 0.29) is 5.97 Å². The highest BCUT2D eigenvalue weighted by Crippen LogP contribution is 2.15. The first-order chi connectivity index (χ1) is 10.1. The van der Waals surface area contributed by atoms with E-state index < -0.39 is 0 Å². The Hall–Kier alpha value is -0.790. The van der Waals surface area contributed by atoms with E-state index in [0.717, 1.165) is 6.42 Å². The predicted octanol–water partition coefficient (Wildman–Crippen LogP) is 6.05. The zero-order valence-electron chi connectivity index (χ0n) is 14.6. The van der Waals surface area contributed by atoms with Gasteiger partial charge in [0.25, 0.3) is 0 Å². The number of carbonyl (C=O) groups is 1. The Kier molecular flexibility index (Phi) is 13.6. The quantitative estimate of drug-likeness (QED) is 0.221. The Labute approximate surface area is 132 Å². The molecule has 2 heteroatoms. The van der Waals surface area contributed by atoms with Gasteiger partial charge >= 0.3 is 5.97 Å². The van der Waals surface area contributed by atoms with Crippen LogP contribution in [0, 0.1) is 5.92 Å². The zero-order valence-corrected chi connectivity index (χ0v) is 14.6. The molecule has 0 aromatic carbocycles. The van der Waals surface area contributed by atoms with Crippen LogP contribution in [0.4, 0.5) is 0 Å². The minimum absolute atomic E-state index is 0.259. The van der Waals surface area contributed by atoms with Gasteiger partial charge in [-0.25, -0.2) is 4.79 Å². The van der Waals surface area contributed by atoms with Crippen molar-refractivity contribution in [1.82, 2.24) is 0 Å². The van der Waals surface area contributed by atoms with Gasteiger partial charge < -0.3 is 4.74 Å². The largest absolute Gasteiger partial charge is 0.462 e. The molecule has 0 aliphatic rings. The Bertz CT molecular complexity index is 271. The lowest BCUT2D eigenvalue weighted by molar-refractivity contribution is -0.139. The molecule has 0 rings (SSSR count). The smallest absolute Gasteiger partial charge is 0.333 e. The van der Waals surface area contributed by atoms with E-state index >= 15 is 0 Å². The highest BCUT2D eigenvalue weighted by molar-refractivity contribution is 5.86. The first kappa shape index (κ1) is 20.2. The van der Waals surface area contributed by atoms with Crippen molar-refractivity contribution in [3.63, 3.8) is 0 Å². The maximum atomic E-state index is 11.2. The Morgan fingerprint density at radius 3 is 2.00 bits per heavy atom. The lowest BCUT2D eigenvalue weighted by atomic mass is 9.99. The number of hydrogen-bond donors (Lipinski definition) is 0. The summed E-state index contributed by atoms with van der Waals surface area (Å²) in [6.07, 6.45) is 14.6. The molecule has 1 atom stereocenters. The third kappa shape index (κ3) is 13.9. The standard InChI is InChI=1S/C19H36O2/c1-5-6-7-8-9-10-11-12-13-14-18(4)15-16-21-19(20)17(2)3/h18H,2,5-16H2,1,3-4H3. The van der Waals surface area contributed by atoms with Gasteiger partial charge in [0.05, 0.1) is 6.61 Å². The highest BCUT2D eigenvalue weighted by atomic mass is 16.5. The molecular formula is C19H36O2. The molecule has 0 N–H and O–H groups in total. The maximum Gasteiger partial charge on any atom is 0.333 e. The van der Waals surface area contributed by atoms with Crippen LogP contribution in [0.1, 0.15) is 91.4 Å². The molecule has 21 heavy (non-hydrogen) atoms. The molecule has 0 saturated carbocycles. The summed E-state index contributed by atoms with van der Waals surface area (Å²) in [7, 11) is 0. The average Bonchev–Trinajstić information content (AvgIpc) is 2.45. The summed E-state index contributed by atoms with van der Waals surface area (Å²) in [5.41, 5.74) is 0.488. The number of hydrogen-bond acceptors (Lipinski definition) is 2. The molecule has 0 fully saturated rings. The molecule has 0 saturated heterocycles. The first-order valence-electron chi connectivity index (χ1n) is 8.90. The van der Waals surface area contributed by atoms with Crippen LogP contribution in [0.25, 0.3) is 0 Å². The van der Waals surface area contributed by atoms with Gasteiger partial charge in [0, 0.05) is 5.57 Å². The van der Waals surface area contributed by atoms with E-state index in [2.05, 4.69) is 20.4 Å². The summed E-state index contributed by atoms with van der Waals surface area (Å²) >= 11 is 0. The Morgan fingerprint density at radius 2 is 1.48 bits per heavy atom. The van der Waals surface area contributed by atoms with E-state index in [1.807, 2.05) is 0 Å². The zero-order chi connectivity index (χ0) is 15.9. The van der Waals surface area contributed by atoms with Crippen LogP contribution >= 0.6 is 0 Å². The molecule has 124 valence electrons. The summed E-state index contributed by atoms with van der Waals surface area (Å²) in [6, 6.07) is 0. The third-order valence-corrected chi connectivity index (χ3v) is 3.99. The van der Waals surface area contributed by atoms with Gasteiger partial charge in [-0.15, -0.1) is 0 Å². The lowest BCUT2D eigenvalue weighted by Crippen LogP contribution is -2.09. The molecule has 0 spiro atoms. The second kappa shape index (κ2) is 14.2. The van der Waals surface area contributed by atoms with Crippen molar-refractivity contribution in [3.8, 4) is 0 Å². The molecule has 0 amide bonds. The number of carbonyl (C=O) groups excluding carboxylic acids is 1.